The van der Waals surface area contributed by atoms with Gasteiger partial charge in [-0.25, -0.2) is 0 Å². The van der Waals surface area contributed by atoms with E-state index in [1.807, 2.05) is 0 Å². The molecule has 0 bridgehead atoms. The van der Waals surface area contributed by atoms with Crippen LogP contribution in [0, 0.1) is 5.92 Å². The smallest absolute Gasteiger partial charge is 0.321 e. The molecule has 5 nitrogen and oxygen atoms in total. The van der Waals surface area contributed by atoms with Crippen LogP contribution < -0.4 is 5.32 Å². The molecule has 0 aliphatic rings. The molecule has 0 aliphatic heterocycles. The van der Waals surface area contributed by atoms with Crippen LogP contribution in [-0.4, -0.2) is 30.3 Å². The molecule has 0 heterocycles. The minimum absolute atomic E-state index is 0.101. The van der Waals surface area contributed by atoms with Crippen molar-refractivity contribution >= 4 is 12.4 Å². The van der Waals surface area contributed by atoms with Gasteiger partial charge in [0.25, 0.3) is 6.47 Å². The first kappa shape index (κ1) is 8.99. The lowest BCUT2D eigenvalue weighted by molar-refractivity contribution is -0.142. The summed E-state index contributed by atoms with van der Waals surface area (Å²) in [6.45, 7) is 2.16. The monoisotopic (exact) mass is 176 g/mol. The number of rotatable bonds is 6. The molecule has 2 atom stereocenters. The van der Waals surface area contributed by atoms with Gasteiger partial charge in [0.05, 0.1) is 1.37 Å². The zero-order chi connectivity index (χ0) is 10.4. The Bertz CT molecular complexity index is 185. The van der Waals surface area contributed by atoms with Crippen LogP contribution >= 0.6 is 0 Å². The van der Waals surface area contributed by atoms with E-state index in [-0.39, 0.29) is 12.4 Å². The van der Waals surface area contributed by atoms with E-state index < -0.39 is 18.7 Å². The van der Waals surface area contributed by atoms with Crippen molar-refractivity contribution in [2.75, 3.05) is 6.71 Å². The van der Waals surface area contributed by atoms with Gasteiger partial charge in [-0.3, -0.25) is 14.9 Å². The maximum Gasteiger partial charge on any atom is 0.321 e. The molecular weight excluding hydrogens is 162 g/mol. The summed E-state index contributed by atoms with van der Waals surface area (Å²) in [4.78, 5) is 20.4. The Morgan fingerprint density at radius 1 is 1.83 bits per heavy atom. The highest BCUT2D eigenvalue weighted by molar-refractivity contribution is 5.73. The van der Waals surface area contributed by atoms with Gasteiger partial charge in [-0.05, 0) is 5.92 Å². The lowest BCUT2D eigenvalue weighted by atomic mass is 10.1. The van der Waals surface area contributed by atoms with E-state index >= 15 is 0 Å². The van der Waals surface area contributed by atoms with Crippen molar-refractivity contribution in [3.8, 4) is 0 Å². The minimum atomic E-state index is -1.33. The fourth-order valence-electron chi connectivity index (χ4n) is 0.689. The van der Waals surface area contributed by atoms with Gasteiger partial charge in [-0.1, -0.05) is 13.8 Å². The Morgan fingerprint density at radius 2 is 2.42 bits per heavy atom. The zero-order valence-corrected chi connectivity index (χ0v) is 6.98. The topological polar surface area (TPSA) is 75.6 Å². The van der Waals surface area contributed by atoms with Crippen molar-refractivity contribution in [3.63, 3.8) is 0 Å². The van der Waals surface area contributed by atoms with E-state index in [2.05, 4.69) is 10.1 Å². The highest BCUT2D eigenvalue weighted by atomic mass is 16.5. The van der Waals surface area contributed by atoms with E-state index in [4.69, 9.17) is 6.48 Å². The van der Waals surface area contributed by atoms with Crippen LogP contribution in [0.2, 0.25) is 0 Å². The number of hydrogen-bond donors (Lipinski definition) is 2. The van der Waals surface area contributed by atoms with Crippen molar-refractivity contribution in [1.82, 2.24) is 5.32 Å². The quantitative estimate of drug-likeness (QED) is 0.433. The molecule has 0 spiro atoms. The van der Waals surface area contributed by atoms with Crippen LogP contribution in [0.3, 0.4) is 0 Å². The average Bonchev–Trinajstić information content (AvgIpc) is 1.99. The summed E-state index contributed by atoms with van der Waals surface area (Å²) in [6, 6.07) is -0.887. The highest BCUT2D eigenvalue weighted by Gasteiger charge is 2.20. The summed E-state index contributed by atoms with van der Waals surface area (Å²) >= 11 is 0. The molecule has 0 aromatic heterocycles. The number of carbonyl (C=O) groups excluding carboxylic acids is 1. The number of ether oxygens (including phenoxy) is 1. The molecule has 0 saturated carbocycles. The van der Waals surface area contributed by atoms with Crippen molar-refractivity contribution in [2.24, 2.45) is 5.92 Å². The Kier molecular flexibility index (Phi) is 4.15. The van der Waals surface area contributed by atoms with E-state index in [1.165, 1.54) is 0 Å². The second kappa shape index (κ2) is 5.54. The Balaban J connectivity index is 4.09. The van der Waals surface area contributed by atoms with E-state index in [1.54, 1.807) is 13.8 Å². The first-order valence-electron chi connectivity index (χ1n) is 4.07. The third-order valence-corrected chi connectivity index (χ3v) is 1.30. The molecular formula is C7H13NO4. The number of hydrogen-bond acceptors (Lipinski definition) is 4. The van der Waals surface area contributed by atoms with Crippen LogP contribution in [0.5, 0.6) is 0 Å². The Morgan fingerprint density at radius 3 is 2.75 bits per heavy atom. The third-order valence-electron chi connectivity index (χ3n) is 1.30. The van der Waals surface area contributed by atoms with Crippen LogP contribution in [0.25, 0.3) is 0 Å². The molecule has 0 rings (SSSR count). The van der Waals surface area contributed by atoms with E-state index in [0.717, 1.165) is 0 Å². The van der Waals surface area contributed by atoms with Gasteiger partial charge < -0.3 is 9.84 Å². The molecule has 70 valence electrons. The number of carboxylic acid groups (broad SMARTS) is 1. The molecule has 0 aromatic carbocycles. The Hall–Kier alpha value is -1.10. The molecule has 12 heavy (non-hydrogen) atoms. The lowest BCUT2D eigenvalue weighted by Crippen LogP contribution is -2.41. The standard InChI is InChI=1S/C7H13NO4/c1-5(2)6(7(10)11)8-3-12-4-9/h4-6,8H,3H2,1-2H3,(H,10,11)/t6-/m0/s1/i3D/t3?,6-. The molecule has 0 radical (unpaired) electrons. The second-order valence-electron chi connectivity index (χ2n) is 2.58. The van der Waals surface area contributed by atoms with Gasteiger partial charge in [-0.2, -0.15) is 0 Å². The molecule has 0 aliphatic carbocycles. The first-order valence-corrected chi connectivity index (χ1v) is 3.49. The van der Waals surface area contributed by atoms with Crippen molar-refractivity contribution in [2.45, 2.75) is 19.9 Å². The van der Waals surface area contributed by atoms with E-state index in [9.17, 15) is 9.59 Å². The maximum absolute atomic E-state index is 10.6. The number of carboxylic acids is 1. The van der Waals surface area contributed by atoms with Gasteiger partial charge in [0.1, 0.15) is 12.7 Å². The molecule has 0 aromatic rings. The van der Waals surface area contributed by atoms with Gasteiger partial charge in [0, 0.05) is 0 Å². The predicted octanol–water partition coefficient (Wildman–Crippen LogP) is -0.184. The number of nitrogens with one attached hydrogen (secondary N) is 1. The van der Waals surface area contributed by atoms with Crippen LogP contribution in [0.1, 0.15) is 15.2 Å². The molecule has 0 fully saturated rings. The maximum atomic E-state index is 10.6. The van der Waals surface area contributed by atoms with Crippen molar-refractivity contribution < 1.29 is 20.8 Å². The fraction of sp³-hybridized carbons (Fsp3) is 0.714. The minimum Gasteiger partial charge on any atom is -0.480 e. The summed E-state index contributed by atoms with van der Waals surface area (Å²) in [6.07, 6.45) is 0. The van der Waals surface area contributed by atoms with Crippen LogP contribution in [-0.2, 0) is 14.3 Å². The summed E-state index contributed by atoms with van der Waals surface area (Å²) in [5, 5.41) is 11.0. The second-order valence-corrected chi connectivity index (χ2v) is 2.58. The summed E-state index contributed by atoms with van der Waals surface area (Å²) in [5.74, 6) is -1.25. The molecule has 1 unspecified atom stereocenters. The number of aliphatic carboxylic acids is 1. The summed E-state index contributed by atoms with van der Waals surface area (Å²) < 4.78 is 11.2. The molecule has 0 saturated heterocycles. The molecule has 5 heteroatoms. The predicted molar refractivity (Wildman–Crippen MR) is 41.4 cm³/mol. The van der Waals surface area contributed by atoms with Crippen molar-refractivity contribution in [1.29, 1.82) is 0 Å². The normalized spacial score (nSPS) is 16.4. The SMILES string of the molecule is [2H]C(N[C@H](C(=O)O)C(C)C)OC=O. The third kappa shape index (κ3) is 3.92. The molecule has 2 N–H and O–H groups in total. The first-order chi connectivity index (χ1) is 5.99. The summed E-state index contributed by atoms with van der Waals surface area (Å²) in [5.41, 5.74) is 0. The van der Waals surface area contributed by atoms with Gasteiger partial charge >= 0.3 is 5.97 Å². The molecule has 0 amide bonds. The van der Waals surface area contributed by atoms with Gasteiger partial charge in [0.15, 0.2) is 0 Å². The van der Waals surface area contributed by atoms with Gasteiger partial charge in [0.2, 0.25) is 0 Å². The Labute approximate surface area is 72.1 Å². The number of carbonyl (C=O) groups is 2. The van der Waals surface area contributed by atoms with Gasteiger partial charge in [-0.15, -0.1) is 0 Å². The average molecular weight is 176 g/mol. The van der Waals surface area contributed by atoms with Crippen LogP contribution in [0.15, 0.2) is 0 Å². The zero-order valence-electron chi connectivity index (χ0n) is 7.98. The fourth-order valence-corrected chi connectivity index (χ4v) is 0.689. The summed E-state index contributed by atoms with van der Waals surface area (Å²) in [7, 11) is 0. The van der Waals surface area contributed by atoms with E-state index in [0.29, 0.717) is 0 Å². The highest BCUT2D eigenvalue weighted by Crippen LogP contribution is 2.00. The largest absolute Gasteiger partial charge is 0.480 e. The van der Waals surface area contributed by atoms with Crippen LogP contribution in [0.4, 0.5) is 0 Å². The lowest BCUT2D eigenvalue weighted by Gasteiger charge is -2.16. The van der Waals surface area contributed by atoms with Crippen molar-refractivity contribution in [3.05, 3.63) is 0 Å².